The highest BCUT2D eigenvalue weighted by Crippen LogP contribution is 2.16. The fourth-order valence-corrected chi connectivity index (χ4v) is 2.43. The van der Waals surface area contributed by atoms with E-state index in [9.17, 15) is 19.2 Å². The van der Waals surface area contributed by atoms with Gasteiger partial charge in [-0.05, 0) is 26.0 Å². The zero-order valence-electron chi connectivity index (χ0n) is 14.9. The number of urea groups is 1. The van der Waals surface area contributed by atoms with Gasteiger partial charge >= 0.3 is 18.0 Å². The minimum absolute atomic E-state index is 0.145. The Morgan fingerprint density at radius 1 is 1.22 bits per heavy atom. The summed E-state index contributed by atoms with van der Waals surface area (Å²) in [4.78, 5) is 46.6. The first-order valence-electron chi connectivity index (χ1n) is 8.26. The highest BCUT2D eigenvalue weighted by Gasteiger charge is 2.30. The highest BCUT2D eigenvalue weighted by molar-refractivity contribution is 5.94. The first-order chi connectivity index (χ1) is 13.0. The zero-order valence-corrected chi connectivity index (χ0v) is 14.9. The topological polar surface area (TPSA) is 120 Å². The van der Waals surface area contributed by atoms with Crippen LogP contribution < -0.4 is 15.4 Å². The fourth-order valence-electron chi connectivity index (χ4n) is 2.43. The Kier molecular flexibility index (Phi) is 6.93. The van der Waals surface area contributed by atoms with E-state index in [1.165, 1.54) is 0 Å². The van der Waals surface area contributed by atoms with Gasteiger partial charge < -0.3 is 24.8 Å². The third-order valence-corrected chi connectivity index (χ3v) is 3.63. The van der Waals surface area contributed by atoms with E-state index >= 15 is 0 Å². The lowest BCUT2D eigenvalue weighted by molar-refractivity contribution is -0.145. The van der Waals surface area contributed by atoms with Gasteiger partial charge in [0.1, 0.15) is 12.4 Å². The quantitative estimate of drug-likeness (QED) is 0.512. The molecule has 0 bridgehead atoms. The van der Waals surface area contributed by atoms with Crippen molar-refractivity contribution in [3.05, 3.63) is 41.1 Å². The van der Waals surface area contributed by atoms with Gasteiger partial charge in [-0.1, -0.05) is 12.1 Å². The number of carbonyl (C=O) groups is 4. The van der Waals surface area contributed by atoms with Crippen LogP contribution in [0.3, 0.4) is 0 Å². The van der Waals surface area contributed by atoms with Crippen LogP contribution in [0.4, 0.5) is 4.79 Å². The number of aldehydes is 1. The summed E-state index contributed by atoms with van der Waals surface area (Å²) in [5.41, 5.74) is 0.625. The lowest BCUT2D eigenvalue weighted by atomic mass is 10.0. The number of hydrogen-bond acceptors (Lipinski definition) is 7. The minimum Gasteiger partial charge on any atom is -0.481 e. The van der Waals surface area contributed by atoms with Crippen molar-refractivity contribution in [3.8, 4) is 5.75 Å². The molecule has 1 aromatic rings. The van der Waals surface area contributed by atoms with Gasteiger partial charge in [-0.15, -0.1) is 0 Å². The Morgan fingerprint density at radius 3 is 2.67 bits per heavy atom. The first kappa shape index (κ1) is 20.0. The second-order valence-electron chi connectivity index (χ2n) is 5.54. The van der Waals surface area contributed by atoms with Gasteiger partial charge in [0, 0.05) is 0 Å². The predicted molar refractivity (Wildman–Crippen MR) is 93.1 cm³/mol. The average molecular weight is 376 g/mol. The molecule has 1 aliphatic heterocycles. The molecule has 1 heterocycles. The molecule has 2 N–H and O–H groups in total. The number of esters is 2. The molecule has 9 nitrogen and oxygen atoms in total. The molecule has 1 aromatic carbocycles. The van der Waals surface area contributed by atoms with E-state index in [-0.39, 0.29) is 30.2 Å². The van der Waals surface area contributed by atoms with Crippen molar-refractivity contribution >= 4 is 24.3 Å². The normalized spacial score (nSPS) is 16.1. The molecule has 1 atom stereocenters. The van der Waals surface area contributed by atoms with E-state index in [1.807, 2.05) is 0 Å². The minimum atomic E-state index is -0.730. The van der Waals surface area contributed by atoms with Gasteiger partial charge in [-0.3, -0.25) is 4.79 Å². The molecular formula is C18H20N2O7. The van der Waals surface area contributed by atoms with Crippen molar-refractivity contribution in [2.45, 2.75) is 19.9 Å². The Bertz CT molecular complexity index is 773. The van der Waals surface area contributed by atoms with Crippen LogP contribution in [0.2, 0.25) is 0 Å². The predicted octanol–water partition coefficient (Wildman–Crippen LogP) is 0.940. The maximum absolute atomic E-state index is 12.1. The molecule has 144 valence electrons. The van der Waals surface area contributed by atoms with Crippen molar-refractivity contribution in [1.29, 1.82) is 0 Å². The molecule has 0 fully saturated rings. The molecule has 0 saturated carbocycles. The number of para-hydroxylation sites is 1. The summed E-state index contributed by atoms with van der Waals surface area (Å²) < 4.78 is 15.3. The van der Waals surface area contributed by atoms with Gasteiger partial charge in [0.25, 0.3) is 0 Å². The maximum atomic E-state index is 12.1. The molecule has 2 amide bonds. The maximum Gasteiger partial charge on any atom is 0.344 e. The number of amides is 2. The van der Waals surface area contributed by atoms with Gasteiger partial charge in [-0.2, -0.15) is 0 Å². The monoisotopic (exact) mass is 376 g/mol. The molecule has 0 radical (unpaired) electrons. The largest absolute Gasteiger partial charge is 0.481 e. The van der Waals surface area contributed by atoms with Crippen molar-refractivity contribution in [1.82, 2.24) is 10.6 Å². The standard InChI is InChI=1S/C18H20N2O7/c1-3-25-17(23)16-11(2)19-18(24)20-13(16)9-27-15(22)10-26-14-7-5-4-6-12(14)8-21/h4-8,11H,3,9-10H2,1-2H3,(H2,19,20,24)/t11-/m0/s1. The van der Waals surface area contributed by atoms with Gasteiger partial charge in [0.2, 0.25) is 0 Å². The van der Waals surface area contributed by atoms with E-state index in [0.717, 1.165) is 0 Å². The number of carbonyl (C=O) groups excluding carboxylic acids is 4. The third kappa shape index (κ3) is 5.30. The molecule has 0 aromatic heterocycles. The van der Waals surface area contributed by atoms with E-state index in [1.54, 1.807) is 38.1 Å². The lowest BCUT2D eigenvalue weighted by Gasteiger charge is -2.26. The molecular weight excluding hydrogens is 356 g/mol. The summed E-state index contributed by atoms with van der Waals surface area (Å²) in [5, 5.41) is 4.99. The Morgan fingerprint density at radius 2 is 1.96 bits per heavy atom. The molecule has 9 heteroatoms. The summed E-state index contributed by atoms with van der Waals surface area (Å²) >= 11 is 0. The Hall–Kier alpha value is -3.36. The van der Waals surface area contributed by atoms with Crippen molar-refractivity contribution in [3.63, 3.8) is 0 Å². The number of nitrogens with one attached hydrogen (secondary N) is 2. The van der Waals surface area contributed by atoms with Crippen LogP contribution in [0.15, 0.2) is 35.5 Å². The molecule has 1 aliphatic rings. The summed E-state index contributed by atoms with van der Waals surface area (Å²) in [6, 6.07) is 5.32. The van der Waals surface area contributed by atoms with Crippen LogP contribution in [-0.4, -0.2) is 50.1 Å². The van der Waals surface area contributed by atoms with Gasteiger partial charge in [0.15, 0.2) is 12.9 Å². The van der Waals surface area contributed by atoms with Gasteiger partial charge in [0.05, 0.1) is 29.5 Å². The van der Waals surface area contributed by atoms with Crippen LogP contribution in [0.25, 0.3) is 0 Å². The molecule has 0 spiro atoms. The number of benzene rings is 1. The molecule has 0 saturated heterocycles. The molecule has 0 unspecified atom stereocenters. The van der Waals surface area contributed by atoms with Crippen molar-refractivity contribution in [2.24, 2.45) is 0 Å². The van der Waals surface area contributed by atoms with Crippen molar-refractivity contribution in [2.75, 3.05) is 19.8 Å². The summed E-state index contributed by atoms with van der Waals surface area (Å²) in [6.45, 7) is 2.68. The summed E-state index contributed by atoms with van der Waals surface area (Å²) in [5.74, 6) is -1.09. The highest BCUT2D eigenvalue weighted by atomic mass is 16.6. The van der Waals surface area contributed by atoms with Crippen LogP contribution in [-0.2, 0) is 19.1 Å². The average Bonchev–Trinajstić information content (AvgIpc) is 2.64. The van der Waals surface area contributed by atoms with Crippen molar-refractivity contribution < 1.29 is 33.4 Å². The fraction of sp³-hybridized carbons (Fsp3) is 0.333. The van der Waals surface area contributed by atoms with Gasteiger partial charge in [-0.25, -0.2) is 14.4 Å². The Balaban J connectivity index is 2.00. The number of hydrogen-bond donors (Lipinski definition) is 2. The third-order valence-electron chi connectivity index (χ3n) is 3.63. The molecule has 0 aliphatic carbocycles. The number of rotatable bonds is 8. The van der Waals surface area contributed by atoms with E-state index < -0.39 is 30.6 Å². The first-order valence-corrected chi connectivity index (χ1v) is 8.26. The zero-order chi connectivity index (χ0) is 19.8. The second-order valence-corrected chi connectivity index (χ2v) is 5.54. The van der Waals surface area contributed by atoms with Crippen LogP contribution in [0, 0.1) is 0 Å². The molecule has 27 heavy (non-hydrogen) atoms. The molecule has 2 rings (SSSR count). The lowest BCUT2D eigenvalue weighted by Crippen LogP contribution is -2.50. The van der Waals surface area contributed by atoms with Crippen LogP contribution in [0.5, 0.6) is 5.75 Å². The Labute approximate surface area is 155 Å². The van der Waals surface area contributed by atoms with Crippen LogP contribution in [0.1, 0.15) is 24.2 Å². The van der Waals surface area contributed by atoms with E-state index in [0.29, 0.717) is 11.8 Å². The second kappa shape index (κ2) is 9.37. The summed E-state index contributed by atoms with van der Waals surface area (Å²) in [7, 11) is 0. The van der Waals surface area contributed by atoms with E-state index in [4.69, 9.17) is 14.2 Å². The van der Waals surface area contributed by atoms with E-state index in [2.05, 4.69) is 10.6 Å². The summed E-state index contributed by atoms with van der Waals surface area (Å²) in [6.07, 6.45) is 0.614. The SMILES string of the molecule is CCOC(=O)C1=C(COC(=O)COc2ccccc2C=O)NC(=O)N[C@H]1C. The van der Waals surface area contributed by atoms with Crippen LogP contribution >= 0.6 is 0 Å². The smallest absolute Gasteiger partial charge is 0.344 e. The number of ether oxygens (including phenoxy) is 3.